The Morgan fingerprint density at radius 3 is 2.48 bits per heavy atom. The van der Waals surface area contributed by atoms with Crippen LogP contribution in [0.5, 0.6) is 0 Å². The van der Waals surface area contributed by atoms with E-state index in [4.69, 9.17) is 4.74 Å². The highest BCUT2D eigenvalue weighted by atomic mass is 35.5. The normalized spacial score (nSPS) is 9.90. The number of nitrogens with one attached hydrogen (secondary N) is 1. The summed E-state index contributed by atoms with van der Waals surface area (Å²) in [7, 11) is 0. The van der Waals surface area contributed by atoms with Crippen LogP contribution in [-0.2, 0) is 11.3 Å². The Morgan fingerprint density at radius 2 is 1.67 bits per heavy atom. The van der Waals surface area contributed by atoms with Crippen LogP contribution >= 0.6 is 0 Å². The topological polar surface area (TPSA) is 40.4 Å². The molecule has 0 bridgehead atoms. The second-order valence-electron chi connectivity index (χ2n) is 4.49. The van der Waals surface area contributed by atoms with E-state index in [0.29, 0.717) is 5.56 Å². The zero-order valence-electron chi connectivity index (χ0n) is 11.3. The van der Waals surface area contributed by atoms with Crippen molar-refractivity contribution < 1.29 is 26.9 Å². The fourth-order valence-corrected chi connectivity index (χ4v) is 2.14. The number of carbonyl (C=O) groups excluding carboxylic acids is 1. The maximum Gasteiger partial charge on any atom is 0.338 e. The van der Waals surface area contributed by atoms with E-state index in [0.717, 1.165) is 16.5 Å². The molecule has 0 atom stereocenters. The van der Waals surface area contributed by atoms with Gasteiger partial charge in [0.25, 0.3) is 0 Å². The molecule has 1 aromatic heterocycles. The molecule has 0 saturated carbocycles. The van der Waals surface area contributed by atoms with Crippen LogP contribution in [-0.4, -0.2) is 5.97 Å². The van der Waals surface area contributed by atoms with Crippen molar-refractivity contribution in [3.05, 3.63) is 78.1 Å². The van der Waals surface area contributed by atoms with E-state index in [-0.39, 0.29) is 25.0 Å². The minimum absolute atomic E-state index is 0. The third kappa shape index (κ3) is 3.38. The average molecular weight is 300 g/mol. The van der Waals surface area contributed by atoms with E-state index in [9.17, 15) is 4.79 Å². The van der Waals surface area contributed by atoms with Gasteiger partial charge in [0.2, 0.25) is 5.69 Å². The van der Waals surface area contributed by atoms with E-state index in [1.54, 1.807) is 12.1 Å². The van der Waals surface area contributed by atoms with Crippen molar-refractivity contribution in [1.29, 1.82) is 0 Å². The lowest BCUT2D eigenvalue weighted by Gasteiger charge is -2.03. The second kappa shape index (κ2) is 6.86. The molecule has 0 aliphatic rings. The molecule has 0 unspecified atom stereocenters. The fraction of sp³-hybridized carbons (Fsp3) is 0.0588. The molecule has 3 nitrogen and oxygen atoms in total. The second-order valence-corrected chi connectivity index (χ2v) is 4.49. The summed E-state index contributed by atoms with van der Waals surface area (Å²) in [4.78, 5) is 15.1. The Morgan fingerprint density at radius 1 is 0.952 bits per heavy atom. The summed E-state index contributed by atoms with van der Waals surface area (Å²) in [6.07, 6.45) is 1.86. The number of rotatable bonds is 3. The number of aromatic amines is 1. The molecular formula is C17H14ClNO2. The highest BCUT2D eigenvalue weighted by Gasteiger charge is 2.12. The number of halogens is 1. The molecule has 0 amide bonds. The number of ether oxygens (including phenoxy) is 1. The molecule has 106 valence electrons. The number of aromatic nitrogens is 1. The number of pyridine rings is 1. The first kappa shape index (κ1) is 15.0. The number of esters is 1. The summed E-state index contributed by atoms with van der Waals surface area (Å²) in [5.74, 6) is -0.313. The lowest BCUT2D eigenvalue weighted by molar-refractivity contribution is -0.392. The summed E-state index contributed by atoms with van der Waals surface area (Å²) in [6.45, 7) is 0.231. The average Bonchev–Trinajstić information content (AvgIpc) is 2.53. The van der Waals surface area contributed by atoms with Crippen molar-refractivity contribution in [3.8, 4) is 0 Å². The molecular weight excluding hydrogens is 286 g/mol. The van der Waals surface area contributed by atoms with Crippen LogP contribution in [0.2, 0.25) is 0 Å². The standard InChI is InChI=1S/C17H13NO2.ClH/c19-17(14-7-2-1-3-8-14)20-12-16-15-9-5-4-6-13(15)10-11-18-16;/h1-11H,12H2;1H. The quantitative estimate of drug-likeness (QED) is 0.640. The highest BCUT2D eigenvalue weighted by molar-refractivity contribution is 5.89. The minimum atomic E-state index is -0.313. The van der Waals surface area contributed by atoms with E-state index in [1.807, 2.05) is 54.7 Å². The largest absolute Gasteiger partial charge is 1.00 e. The summed E-state index contributed by atoms with van der Waals surface area (Å²) >= 11 is 0. The van der Waals surface area contributed by atoms with Gasteiger partial charge in [-0.05, 0) is 23.6 Å². The summed E-state index contributed by atoms with van der Waals surface area (Å²) in [5.41, 5.74) is 1.46. The van der Waals surface area contributed by atoms with Gasteiger partial charge in [-0.3, -0.25) is 0 Å². The molecule has 3 aromatic rings. The van der Waals surface area contributed by atoms with Crippen molar-refractivity contribution in [2.45, 2.75) is 6.61 Å². The molecule has 0 aliphatic carbocycles. The third-order valence-electron chi connectivity index (χ3n) is 3.16. The van der Waals surface area contributed by atoms with Gasteiger partial charge in [0, 0.05) is 6.07 Å². The predicted octanol–water partition coefficient (Wildman–Crippen LogP) is 0.0149. The summed E-state index contributed by atoms with van der Waals surface area (Å²) in [5, 5.41) is 2.19. The van der Waals surface area contributed by atoms with Crippen LogP contribution in [0.15, 0.2) is 66.9 Å². The van der Waals surface area contributed by atoms with Crippen LogP contribution < -0.4 is 17.4 Å². The number of hydrogen-bond acceptors (Lipinski definition) is 2. The van der Waals surface area contributed by atoms with Gasteiger partial charge >= 0.3 is 5.97 Å². The van der Waals surface area contributed by atoms with E-state index >= 15 is 0 Å². The van der Waals surface area contributed by atoms with Gasteiger partial charge in [0.15, 0.2) is 12.8 Å². The molecule has 1 N–H and O–H groups in total. The maximum absolute atomic E-state index is 11.9. The van der Waals surface area contributed by atoms with Gasteiger partial charge in [-0.2, -0.15) is 0 Å². The molecule has 0 radical (unpaired) electrons. The molecule has 1 heterocycles. The van der Waals surface area contributed by atoms with Crippen molar-refractivity contribution in [2.75, 3.05) is 0 Å². The van der Waals surface area contributed by atoms with Crippen LogP contribution in [0.3, 0.4) is 0 Å². The molecule has 21 heavy (non-hydrogen) atoms. The number of fused-ring (bicyclic) bond motifs is 1. The van der Waals surface area contributed by atoms with Crippen molar-refractivity contribution in [3.63, 3.8) is 0 Å². The van der Waals surface area contributed by atoms with Crippen LogP contribution in [0, 0.1) is 0 Å². The summed E-state index contributed by atoms with van der Waals surface area (Å²) in [6, 6.07) is 19.0. The Bertz CT molecular complexity index is 739. The Kier molecular flexibility index (Phi) is 4.90. The molecule has 0 fully saturated rings. The van der Waals surface area contributed by atoms with E-state index < -0.39 is 0 Å². The van der Waals surface area contributed by atoms with Gasteiger partial charge < -0.3 is 17.1 Å². The number of H-pyrrole nitrogens is 1. The predicted molar refractivity (Wildman–Crippen MR) is 76.1 cm³/mol. The van der Waals surface area contributed by atoms with Crippen LogP contribution in [0.1, 0.15) is 16.1 Å². The molecule has 0 aliphatic heterocycles. The van der Waals surface area contributed by atoms with Crippen molar-refractivity contribution >= 4 is 16.7 Å². The first-order valence-corrected chi connectivity index (χ1v) is 6.45. The first-order chi connectivity index (χ1) is 9.84. The lowest BCUT2D eigenvalue weighted by atomic mass is 10.1. The lowest BCUT2D eigenvalue weighted by Crippen LogP contribution is -3.00. The Balaban J connectivity index is 0.00000161. The molecule has 0 spiro atoms. The third-order valence-corrected chi connectivity index (χ3v) is 3.16. The molecule has 0 saturated heterocycles. The van der Waals surface area contributed by atoms with Gasteiger partial charge in [-0.25, -0.2) is 9.78 Å². The van der Waals surface area contributed by atoms with Gasteiger partial charge in [0.05, 0.1) is 10.9 Å². The van der Waals surface area contributed by atoms with Crippen molar-refractivity contribution in [2.24, 2.45) is 0 Å². The Labute approximate surface area is 129 Å². The van der Waals surface area contributed by atoms with Crippen LogP contribution in [0.4, 0.5) is 0 Å². The molecule has 3 rings (SSSR count). The Hall–Kier alpha value is -2.39. The van der Waals surface area contributed by atoms with Crippen LogP contribution in [0.25, 0.3) is 10.8 Å². The van der Waals surface area contributed by atoms with E-state index in [1.165, 1.54) is 0 Å². The van der Waals surface area contributed by atoms with Gasteiger partial charge in [-0.1, -0.05) is 36.4 Å². The van der Waals surface area contributed by atoms with E-state index in [2.05, 4.69) is 4.98 Å². The number of benzene rings is 2. The van der Waals surface area contributed by atoms with Gasteiger partial charge in [-0.15, -0.1) is 0 Å². The monoisotopic (exact) mass is 299 g/mol. The molecule has 2 aromatic carbocycles. The SMILES string of the molecule is O=C(OCc1[nH+]ccc2ccccc12)c1ccccc1.[Cl-]. The zero-order valence-corrected chi connectivity index (χ0v) is 12.0. The minimum Gasteiger partial charge on any atom is -1.00 e. The fourth-order valence-electron chi connectivity index (χ4n) is 2.14. The molecule has 4 heteroatoms. The highest BCUT2D eigenvalue weighted by Crippen LogP contribution is 2.15. The first-order valence-electron chi connectivity index (χ1n) is 6.45. The number of hydrogen-bond donors (Lipinski definition) is 0. The summed E-state index contributed by atoms with van der Waals surface area (Å²) < 4.78 is 5.35. The maximum atomic E-state index is 11.9. The number of carbonyl (C=O) groups is 1. The zero-order chi connectivity index (χ0) is 13.8. The van der Waals surface area contributed by atoms with Gasteiger partial charge in [0.1, 0.15) is 0 Å². The smallest absolute Gasteiger partial charge is 0.338 e. The van der Waals surface area contributed by atoms with Crippen molar-refractivity contribution in [1.82, 2.24) is 0 Å².